The highest BCUT2D eigenvalue weighted by Gasteiger charge is 2.25. The lowest BCUT2D eigenvalue weighted by molar-refractivity contribution is 0.318. The summed E-state index contributed by atoms with van der Waals surface area (Å²) >= 11 is 0. The normalized spacial score (nSPS) is 14.6. The van der Waals surface area contributed by atoms with Gasteiger partial charge in [0, 0.05) is 11.3 Å². The van der Waals surface area contributed by atoms with Crippen LogP contribution in [0.5, 0.6) is 0 Å². The van der Waals surface area contributed by atoms with Crippen LogP contribution in [0, 0.1) is 6.92 Å². The molecule has 4 nitrogen and oxygen atoms in total. The third-order valence-electron chi connectivity index (χ3n) is 2.75. The molecule has 1 atom stereocenters. The Morgan fingerprint density at radius 2 is 2.12 bits per heavy atom. The van der Waals surface area contributed by atoms with Crippen LogP contribution in [0.1, 0.15) is 25.0 Å². The molecule has 0 spiro atoms. The number of sulfone groups is 1. The van der Waals surface area contributed by atoms with Crippen LogP contribution in [0.3, 0.4) is 0 Å². The van der Waals surface area contributed by atoms with Gasteiger partial charge in [0.25, 0.3) is 0 Å². The number of hydrogen-bond donors (Lipinski definition) is 1. The molecule has 0 aliphatic rings. The second-order valence-electron chi connectivity index (χ2n) is 3.95. The van der Waals surface area contributed by atoms with Crippen molar-refractivity contribution in [2.24, 2.45) is 5.16 Å². The Bertz CT molecular complexity index is 520. The average molecular weight is 255 g/mol. The summed E-state index contributed by atoms with van der Waals surface area (Å²) in [6, 6.07) is 7.25. The Labute approximate surface area is 102 Å². The highest BCUT2D eigenvalue weighted by atomic mass is 32.2. The molecular formula is C12H17NO3S. The number of rotatable bonds is 4. The molecule has 1 rings (SSSR count). The molecule has 0 aromatic heterocycles. The smallest absolute Gasteiger partial charge is 0.158 e. The van der Waals surface area contributed by atoms with Crippen LogP contribution in [0.4, 0.5) is 0 Å². The molecule has 0 aliphatic heterocycles. The maximum atomic E-state index is 11.8. The van der Waals surface area contributed by atoms with Crippen LogP contribution in [-0.2, 0) is 9.84 Å². The van der Waals surface area contributed by atoms with E-state index in [4.69, 9.17) is 5.21 Å². The summed E-state index contributed by atoms with van der Waals surface area (Å²) in [6.45, 7) is 5.02. The molecule has 94 valence electrons. The van der Waals surface area contributed by atoms with Gasteiger partial charge in [0.05, 0.1) is 0 Å². The molecule has 0 fully saturated rings. The van der Waals surface area contributed by atoms with Gasteiger partial charge in [-0.3, -0.25) is 0 Å². The molecular weight excluding hydrogens is 238 g/mol. The van der Waals surface area contributed by atoms with Gasteiger partial charge in [-0.1, -0.05) is 41.9 Å². The molecule has 1 aromatic rings. The fourth-order valence-corrected chi connectivity index (χ4v) is 2.62. The molecule has 0 unspecified atom stereocenters. The highest BCUT2D eigenvalue weighted by molar-refractivity contribution is 7.92. The summed E-state index contributed by atoms with van der Waals surface area (Å²) in [7, 11) is -3.26. The lowest BCUT2D eigenvalue weighted by atomic mass is 10.1. The number of hydrogen-bond acceptors (Lipinski definition) is 4. The van der Waals surface area contributed by atoms with Crippen LogP contribution in [0.15, 0.2) is 29.4 Å². The van der Waals surface area contributed by atoms with Crippen LogP contribution in [0.25, 0.3) is 0 Å². The molecule has 1 N–H and O–H groups in total. The molecule has 0 radical (unpaired) electrons. The summed E-state index contributed by atoms with van der Waals surface area (Å²) in [4.78, 5) is 0. The van der Waals surface area contributed by atoms with E-state index in [-0.39, 0.29) is 11.5 Å². The van der Waals surface area contributed by atoms with E-state index < -0.39 is 15.1 Å². The Balaban J connectivity index is 3.19. The van der Waals surface area contributed by atoms with Crippen molar-refractivity contribution in [3.8, 4) is 0 Å². The van der Waals surface area contributed by atoms with Crippen molar-refractivity contribution in [1.29, 1.82) is 0 Å². The number of oxime groups is 1. The molecule has 0 aliphatic carbocycles. The van der Waals surface area contributed by atoms with Gasteiger partial charge in [0.2, 0.25) is 0 Å². The first kappa shape index (κ1) is 13.7. The van der Waals surface area contributed by atoms with Crippen molar-refractivity contribution in [3.05, 3.63) is 35.4 Å². The summed E-state index contributed by atoms with van der Waals surface area (Å²) < 4.78 is 23.5. The molecule has 0 heterocycles. The van der Waals surface area contributed by atoms with E-state index in [9.17, 15) is 8.42 Å². The van der Waals surface area contributed by atoms with Gasteiger partial charge in [-0.05, 0) is 13.8 Å². The average Bonchev–Trinajstić information content (AvgIpc) is 2.30. The van der Waals surface area contributed by atoms with Gasteiger partial charge < -0.3 is 5.21 Å². The lowest BCUT2D eigenvalue weighted by Crippen LogP contribution is -2.29. The lowest BCUT2D eigenvalue weighted by Gasteiger charge is -2.13. The van der Waals surface area contributed by atoms with Crippen molar-refractivity contribution in [1.82, 2.24) is 0 Å². The Morgan fingerprint density at radius 1 is 1.47 bits per heavy atom. The van der Waals surface area contributed by atoms with Gasteiger partial charge in [-0.2, -0.15) is 0 Å². The van der Waals surface area contributed by atoms with Crippen molar-refractivity contribution in [3.63, 3.8) is 0 Å². The first-order valence-electron chi connectivity index (χ1n) is 5.43. The maximum absolute atomic E-state index is 11.8. The minimum atomic E-state index is -3.26. The van der Waals surface area contributed by atoms with E-state index in [0.717, 1.165) is 5.56 Å². The molecule has 17 heavy (non-hydrogen) atoms. The van der Waals surface area contributed by atoms with Crippen molar-refractivity contribution in [2.75, 3.05) is 5.75 Å². The van der Waals surface area contributed by atoms with Crippen molar-refractivity contribution >= 4 is 15.5 Å². The zero-order chi connectivity index (χ0) is 13.1. The van der Waals surface area contributed by atoms with Gasteiger partial charge in [0.15, 0.2) is 9.84 Å². The monoisotopic (exact) mass is 255 g/mol. The van der Waals surface area contributed by atoms with E-state index >= 15 is 0 Å². The molecule has 0 bridgehead atoms. The van der Waals surface area contributed by atoms with E-state index in [0.29, 0.717) is 5.56 Å². The SMILES string of the molecule is CCS(=O)(=O)[C@H](C)/C(=N\O)c1cccc(C)c1. The van der Waals surface area contributed by atoms with Crippen LogP contribution < -0.4 is 0 Å². The van der Waals surface area contributed by atoms with Gasteiger partial charge >= 0.3 is 0 Å². The zero-order valence-electron chi connectivity index (χ0n) is 10.2. The fourth-order valence-electron chi connectivity index (χ4n) is 1.60. The van der Waals surface area contributed by atoms with E-state index in [2.05, 4.69) is 5.16 Å². The molecule has 0 amide bonds. The topological polar surface area (TPSA) is 66.7 Å². The van der Waals surface area contributed by atoms with Crippen molar-refractivity contribution in [2.45, 2.75) is 26.0 Å². The molecule has 1 aromatic carbocycles. The van der Waals surface area contributed by atoms with Gasteiger partial charge in [-0.25, -0.2) is 8.42 Å². The fraction of sp³-hybridized carbons (Fsp3) is 0.417. The summed E-state index contributed by atoms with van der Waals surface area (Å²) in [5.74, 6) is 0.0268. The zero-order valence-corrected chi connectivity index (χ0v) is 11.0. The third-order valence-corrected chi connectivity index (χ3v) is 4.85. The Hall–Kier alpha value is -1.36. The third kappa shape index (κ3) is 3.06. The molecule has 0 saturated carbocycles. The van der Waals surface area contributed by atoms with Gasteiger partial charge in [-0.15, -0.1) is 0 Å². The molecule has 0 saturated heterocycles. The van der Waals surface area contributed by atoms with Crippen LogP contribution >= 0.6 is 0 Å². The predicted molar refractivity (Wildman–Crippen MR) is 68.4 cm³/mol. The Kier molecular flexibility index (Phi) is 4.28. The number of benzene rings is 1. The largest absolute Gasteiger partial charge is 0.411 e. The number of nitrogens with zero attached hydrogens (tertiary/aromatic N) is 1. The standard InChI is InChI=1S/C12H17NO3S/c1-4-17(15,16)10(3)12(13-14)11-7-5-6-9(2)8-11/h5-8,10,14H,4H2,1-3H3/b13-12+/t10-/m1/s1. The summed E-state index contributed by atoms with van der Waals surface area (Å²) in [5.41, 5.74) is 1.82. The van der Waals surface area contributed by atoms with Crippen molar-refractivity contribution < 1.29 is 13.6 Å². The van der Waals surface area contributed by atoms with E-state index in [1.165, 1.54) is 6.92 Å². The molecule has 5 heteroatoms. The number of aryl methyl sites for hydroxylation is 1. The first-order chi connectivity index (χ1) is 7.92. The minimum Gasteiger partial charge on any atom is -0.411 e. The quantitative estimate of drug-likeness (QED) is 0.508. The second kappa shape index (κ2) is 5.31. The highest BCUT2D eigenvalue weighted by Crippen LogP contribution is 2.13. The van der Waals surface area contributed by atoms with E-state index in [1.54, 1.807) is 25.1 Å². The Morgan fingerprint density at radius 3 is 2.59 bits per heavy atom. The second-order valence-corrected chi connectivity index (χ2v) is 6.56. The summed E-state index contributed by atoms with van der Waals surface area (Å²) in [5, 5.41) is 11.4. The van der Waals surface area contributed by atoms with Crippen LogP contribution in [0.2, 0.25) is 0 Å². The predicted octanol–water partition coefficient (Wildman–Crippen LogP) is 2.00. The minimum absolute atomic E-state index is 0.0268. The summed E-state index contributed by atoms with van der Waals surface area (Å²) in [6.07, 6.45) is 0. The van der Waals surface area contributed by atoms with E-state index in [1.807, 2.05) is 13.0 Å². The first-order valence-corrected chi connectivity index (χ1v) is 7.14. The van der Waals surface area contributed by atoms with Crippen LogP contribution in [-0.4, -0.2) is 30.3 Å². The maximum Gasteiger partial charge on any atom is 0.158 e. The van der Waals surface area contributed by atoms with Gasteiger partial charge in [0.1, 0.15) is 11.0 Å².